The van der Waals surface area contributed by atoms with Crippen LogP contribution >= 0.6 is 23.4 Å². The van der Waals surface area contributed by atoms with Crippen molar-refractivity contribution in [1.29, 1.82) is 0 Å². The van der Waals surface area contributed by atoms with Gasteiger partial charge in [-0.2, -0.15) is 13.2 Å². The van der Waals surface area contributed by atoms with E-state index in [1.165, 1.54) is 4.90 Å². The van der Waals surface area contributed by atoms with Gasteiger partial charge in [-0.3, -0.25) is 19.1 Å². The lowest BCUT2D eigenvalue weighted by atomic mass is 10.1. The van der Waals surface area contributed by atoms with Crippen LogP contribution in [0.25, 0.3) is 5.69 Å². The lowest BCUT2D eigenvalue weighted by Gasteiger charge is -2.17. The summed E-state index contributed by atoms with van der Waals surface area (Å²) in [4.78, 5) is 43.4. The number of alkyl halides is 3. The number of halogens is 5. The average Bonchev–Trinajstić information content (AvgIpc) is 3.14. The number of carbonyl (C=O) groups is 1. The molecule has 194 valence electrons. The third-order valence-electron chi connectivity index (χ3n) is 5.85. The lowest BCUT2D eigenvalue weighted by Crippen LogP contribution is -2.41. The van der Waals surface area contributed by atoms with E-state index in [-0.39, 0.29) is 49.3 Å². The van der Waals surface area contributed by atoms with E-state index in [9.17, 15) is 31.9 Å². The molecule has 2 aromatic carbocycles. The number of hydrogen-bond donors (Lipinski definition) is 0. The highest BCUT2D eigenvalue weighted by atomic mass is 35.5. The molecular weight excluding hydrogens is 536 g/mol. The Balaban J connectivity index is 1.79. The maximum absolute atomic E-state index is 14.8. The van der Waals surface area contributed by atoms with E-state index < -0.39 is 34.6 Å². The maximum Gasteiger partial charge on any atom is 0.431 e. The molecule has 4 rings (SSSR count). The summed E-state index contributed by atoms with van der Waals surface area (Å²) in [7, 11) is 0.821. The molecule has 1 aromatic heterocycles. The largest absolute Gasteiger partial charge is 0.431 e. The van der Waals surface area contributed by atoms with Gasteiger partial charge in [-0.15, -0.1) is 0 Å². The van der Waals surface area contributed by atoms with Gasteiger partial charge in [-0.25, -0.2) is 18.7 Å². The summed E-state index contributed by atoms with van der Waals surface area (Å²) in [5.74, 6) is -1.22. The zero-order valence-electron chi connectivity index (χ0n) is 19.7. The van der Waals surface area contributed by atoms with Gasteiger partial charge in [0, 0.05) is 13.1 Å². The summed E-state index contributed by atoms with van der Waals surface area (Å²) in [5, 5.41) is 0.0759. The van der Waals surface area contributed by atoms with Crippen LogP contribution in [0.15, 0.2) is 51.0 Å². The fourth-order valence-corrected chi connectivity index (χ4v) is 4.81. The second kappa shape index (κ2) is 9.82. The van der Waals surface area contributed by atoms with Crippen molar-refractivity contribution in [3.63, 3.8) is 0 Å². The normalized spacial score (nSPS) is 15.2. The zero-order valence-corrected chi connectivity index (χ0v) is 21.3. The first-order chi connectivity index (χ1) is 17.3. The maximum atomic E-state index is 14.8. The molecule has 0 atom stereocenters. The van der Waals surface area contributed by atoms with E-state index >= 15 is 0 Å². The summed E-state index contributed by atoms with van der Waals surface area (Å²) in [5.41, 5.74) is -1.96. The molecule has 0 N–H and O–H groups in total. The third kappa shape index (κ3) is 5.21. The van der Waals surface area contributed by atoms with E-state index in [4.69, 9.17) is 11.6 Å². The van der Waals surface area contributed by atoms with E-state index in [1.54, 1.807) is 0 Å². The van der Waals surface area contributed by atoms with Crippen LogP contribution in [0.5, 0.6) is 0 Å². The molecule has 1 saturated heterocycles. The summed E-state index contributed by atoms with van der Waals surface area (Å²) in [6.07, 6.45) is -4.96. The number of amidine groups is 1. The SMILES string of the molecule is Cc1ccc(CN2C(=O)CSC2=Nc2cc(-n3c(=O)cc(C(F)(F)F)n(C)c3=O)c(F)cc2Cl)cc1C. The Morgan fingerprint density at radius 2 is 1.76 bits per heavy atom. The molecule has 1 amide bonds. The minimum Gasteiger partial charge on any atom is -0.292 e. The number of carbonyl (C=O) groups excluding carboxylic acids is 1. The summed E-state index contributed by atoms with van der Waals surface area (Å²) >= 11 is 7.29. The summed E-state index contributed by atoms with van der Waals surface area (Å²) in [6.45, 7) is 4.13. The van der Waals surface area contributed by atoms with Crippen LogP contribution in [-0.2, 0) is 24.6 Å². The molecule has 7 nitrogen and oxygen atoms in total. The predicted molar refractivity (Wildman–Crippen MR) is 133 cm³/mol. The van der Waals surface area contributed by atoms with Crippen molar-refractivity contribution in [1.82, 2.24) is 14.0 Å². The van der Waals surface area contributed by atoms with Gasteiger partial charge in [-0.05, 0) is 42.7 Å². The number of rotatable bonds is 4. The van der Waals surface area contributed by atoms with Crippen molar-refractivity contribution >= 4 is 40.1 Å². The highest BCUT2D eigenvalue weighted by Crippen LogP contribution is 2.33. The summed E-state index contributed by atoms with van der Waals surface area (Å²) < 4.78 is 54.8. The quantitative estimate of drug-likeness (QED) is 0.437. The smallest absolute Gasteiger partial charge is 0.292 e. The first-order valence-corrected chi connectivity index (χ1v) is 12.1. The molecule has 1 fully saturated rings. The molecule has 0 saturated carbocycles. The van der Waals surface area contributed by atoms with Crippen LogP contribution in [0, 0.1) is 19.7 Å². The first kappa shape index (κ1) is 26.7. The van der Waals surface area contributed by atoms with Gasteiger partial charge < -0.3 is 0 Å². The average molecular weight is 555 g/mol. The van der Waals surface area contributed by atoms with E-state index in [0.717, 1.165) is 47.6 Å². The molecule has 0 aliphatic carbocycles. The molecule has 3 aromatic rings. The van der Waals surface area contributed by atoms with Crippen LogP contribution in [0.3, 0.4) is 0 Å². The highest BCUT2D eigenvalue weighted by Gasteiger charge is 2.35. The Hall–Kier alpha value is -3.38. The molecule has 13 heteroatoms. The number of amides is 1. The fourth-order valence-electron chi connectivity index (χ4n) is 3.73. The summed E-state index contributed by atoms with van der Waals surface area (Å²) in [6, 6.07) is 7.75. The first-order valence-electron chi connectivity index (χ1n) is 10.8. The van der Waals surface area contributed by atoms with Crippen LogP contribution < -0.4 is 11.2 Å². The predicted octanol–water partition coefficient (Wildman–Crippen LogP) is 4.73. The molecule has 37 heavy (non-hydrogen) atoms. The van der Waals surface area contributed by atoms with Crippen LogP contribution in [0.4, 0.5) is 23.2 Å². The Kier molecular flexibility index (Phi) is 7.08. The van der Waals surface area contributed by atoms with Crippen molar-refractivity contribution in [2.24, 2.45) is 12.0 Å². The van der Waals surface area contributed by atoms with Gasteiger partial charge in [0.05, 0.1) is 28.7 Å². The van der Waals surface area contributed by atoms with Crippen LogP contribution in [-0.4, -0.2) is 30.9 Å². The van der Waals surface area contributed by atoms with Crippen LogP contribution in [0.1, 0.15) is 22.4 Å². The van der Waals surface area contributed by atoms with Gasteiger partial charge >= 0.3 is 11.9 Å². The molecule has 0 bridgehead atoms. The van der Waals surface area contributed by atoms with Gasteiger partial charge in [0.1, 0.15) is 11.5 Å². The number of hydrogen-bond acceptors (Lipinski definition) is 5. The number of benzene rings is 2. The monoisotopic (exact) mass is 554 g/mol. The minimum absolute atomic E-state index is 0.0748. The fraction of sp³-hybridized carbons (Fsp3) is 0.250. The number of aryl methyl sites for hydroxylation is 2. The van der Waals surface area contributed by atoms with E-state index in [2.05, 4.69) is 4.99 Å². The van der Waals surface area contributed by atoms with Gasteiger partial charge in [0.25, 0.3) is 5.56 Å². The Labute approximate surface area is 217 Å². The van der Waals surface area contributed by atoms with Gasteiger partial charge in [0.15, 0.2) is 5.17 Å². The second-order valence-electron chi connectivity index (χ2n) is 8.38. The number of aliphatic imine (C=N–C) groups is 1. The van der Waals surface area contributed by atoms with Crippen molar-refractivity contribution in [3.05, 3.63) is 90.5 Å². The molecule has 1 aliphatic heterocycles. The Bertz CT molecular complexity index is 1580. The second-order valence-corrected chi connectivity index (χ2v) is 9.73. The highest BCUT2D eigenvalue weighted by molar-refractivity contribution is 8.15. The van der Waals surface area contributed by atoms with Crippen molar-refractivity contribution < 1.29 is 22.4 Å². The standard InChI is InChI=1S/C24H19ClF4N4O3S/c1-12-4-5-14(6-13(12)2)10-32-21(35)11-37-22(32)30-17-8-18(16(26)7-15(17)25)33-20(34)9-19(24(27,28)29)31(3)23(33)36/h4-9H,10-11H2,1-3H3. The Morgan fingerprint density at radius 3 is 2.41 bits per heavy atom. The topological polar surface area (TPSA) is 76.7 Å². The van der Waals surface area contributed by atoms with E-state index in [0.29, 0.717) is 0 Å². The third-order valence-corrected chi connectivity index (χ3v) is 7.12. The molecule has 0 spiro atoms. The molecule has 0 unspecified atom stereocenters. The van der Waals surface area contributed by atoms with Crippen molar-refractivity contribution in [3.8, 4) is 5.69 Å². The molecular formula is C24H19ClF4N4O3S. The van der Waals surface area contributed by atoms with E-state index in [1.807, 2.05) is 32.0 Å². The lowest BCUT2D eigenvalue weighted by molar-refractivity contribution is -0.144. The van der Waals surface area contributed by atoms with Gasteiger partial charge in [0.2, 0.25) is 5.91 Å². The molecule has 0 radical (unpaired) electrons. The van der Waals surface area contributed by atoms with Crippen LogP contribution in [0.2, 0.25) is 5.02 Å². The number of nitrogens with zero attached hydrogens (tertiary/aromatic N) is 4. The zero-order chi connectivity index (χ0) is 27.2. The van der Waals surface area contributed by atoms with Gasteiger partial charge in [-0.1, -0.05) is 41.6 Å². The van der Waals surface area contributed by atoms with Crippen molar-refractivity contribution in [2.75, 3.05) is 5.75 Å². The number of thioether (sulfide) groups is 1. The minimum atomic E-state index is -4.96. The number of aromatic nitrogens is 2. The Morgan fingerprint density at radius 1 is 1.05 bits per heavy atom. The molecule has 2 heterocycles. The van der Waals surface area contributed by atoms with Crippen molar-refractivity contribution in [2.45, 2.75) is 26.6 Å². The molecule has 1 aliphatic rings.